The molecule has 0 unspecified atom stereocenters. The van der Waals surface area contributed by atoms with Crippen LogP contribution in [0, 0.1) is 0 Å². The van der Waals surface area contributed by atoms with E-state index in [2.05, 4.69) is 27.6 Å². The Morgan fingerprint density at radius 2 is 2.00 bits per heavy atom. The van der Waals surface area contributed by atoms with Crippen LogP contribution in [-0.2, 0) is 19.8 Å². The van der Waals surface area contributed by atoms with Gasteiger partial charge in [-0.25, -0.2) is 4.99 Å². The number of rotatable bonds is 6. The minimum atomic E-state index is -4.46. The Kier molecular flexibility index (Phi) is 9.45. The summed E-state index contributed by atoms with van der Waals surface area (Å²) in [6.07, 6.45) is -1.10. The summed E-state index contributed by atoms with van der Waals surface area (Å²) in [6, 6.07) is 0. The summed E-state index contributed by atoms with van der Waals surface area (Å²) < 4.78 is 39.6. The minimum Gasteiger partial charge on any atom is -0.357 e. The summed E-state index contributed by atoms with van der Waals surface area (Å²) in [5.74, 6) is 0.517. The van der Waals surface area contributed by atoms with Crippen LogP contribution >= 0.6 is 24.0 Å². The average Bonchev–Trinajstić information content (AvgIpc) is 2.77. The van der Waals surface area contributed by atoms with Gasteiger partial charge < -0.3 is 10.6 Å². The number of halogens is 4. The number of aryl methyl sites for hydroxylation is 1. The Morgan fingerprint density at radius 1 is 1.32 bits per heavy atom. The van der Waals surface area contributed by atoms with Gasteiger partial charge >= 0.3 is 6.18 Å². The SMILES string of the molecule is CCCCNC(=NCc1cn(C)nc1C(F)(F)F)NCC.I. The van der Waals surface area contributed by atoms with Crippen molar-refractivity contribution in [3.05, 3.63) is 17.5 Å². The number of aliphatic imine (C=N–C) groups is 1. The van der Waals surface area contributed by atoms with E-state index in [1.807, 2.05) is 6.92 Å². The maximum Gasteiger partial charge on any atom is 0.435 e. The smallest absolute Gasteiger partial charge is 0.357 e. The van der Waals surface area contributed by atoms with E-state index < -0.39 is 11.9 Å². The van der Waals surface area contributed by atoms with Gasteiger partial charge in [-0.1, -0.05) is 13.3 Å². The lowest BCUT2D eigenvalue weighted by Gasteiger charge is -2.11. The molecule has 1 rings (SSSR count). The summed E-state index contributed by atoms with van der Waals surface area (Å²) in [4.78, 5) is 4.18. The van der Waals surface area contributed by atoms with E-state index >= 15 is 0 Å². The summed E-state index contributed by atoms with van der Waals surface area (Å²) in [7, 11) is 1.47. The van der Waals surface area contributed by atoms with Crippen molar-refractivity contribution in [3.8, 4) is 0 Å². The number of nitrogens with one attached hydrogen (secondary N) is 2. The zero-order chi connectivity index (χ0) is 15.9. The maximum atomic E-state index is 12.8. The van der Waals surface area contributed by atoms with Crippen LogP contribution in [0.4, 0.5) is 13.2 Å². The molecule has 1 aromatic rings. The second kappa shape index (κ2) is 9.90. The van der Waals surface area contributed by atoms with Gasteiger partial charge in [-0.15, -0.1) is 24.0 Å². The highest BCUT2D eigenvalue weighted by atomic mass is 127. The van der Waals surface area contributed by atoms with Gasteiger partial charge in [0.1, 0.15) is 0 Å². The molecule has 128 valence electrons. The standard InChI is InChI=1S/C13H22F3N5.HI/c1-4-6-7-18-12(17-5-2)19-8-10-9-21(3)20-11(10)13(14,15)16;/h9H,4-8H2,1-3H3,(H2,17,18,19);1H. The molecule has 2 N–H and O–H groups in total. The first kappa shape index (κ1) is 21.0. The lowest BCUT2D eigenvalue weighted by atomic mass is 10.2. The summed E-state index contributed by atoms with van der Waals surface area (Å²) >= 11 is 0. The van der Waals surface area contributed by atoms with E-state index in [1.165, 1.54) is 13.2 Å². The molecule has 0 aliphatic rings. The third-order valence-corrected chi connectivity index (χ3v) is 2.75. The zero-order valence-electron chi connectivity index (χ0n) is 13.0. The molecule has 0 saturated heterocycles. The molecule has 0 spiro atoms. The molecule has 1 heterocycles. The van der Waals surface area contributed by atoms with Crippen molar-refractivity contribution in [3.63, 3.8) is 0 Å². The monoisotopic (exact) mass is 433 g/mol. The number of aromatic nitrogens is 2. The molecule has 0 aliphatic carbocycles. The molecule has 0 saturated carbocycles. The van der Waals surface area contributed by atoms with Crippen LogP contribution in [0.2, 0.25) is 0 Å². The van der Waals surface area contributed by atoms with Crippen molar-refractivity contribution in [1.82, 2.24) is 20.4 Å². The molecule has 0 atom stereocenters. The number of alkyl halides is 3. The summed E-state index contributed by atoms with van der Waals surface area (Å²) in [6.45, 7) is 5.29. The van der Waals surface area contributed by atoms with Crippen molar-refractivity contribution in [2.45, 2.75) is 39.4 Å². The largest absolute Gasteiger partial charge is 0.435 e. The predicted octanol–water partition coefficient (Wildman–Crippen LogP) is 2.91. The van der Waals surface area contributed by atoms with Crippen LogP contribution in [0.1, 0.15) is 37.9 Å². The van der Waals surface area contributed by atoms with Gasteiger partial charge in [0.05, 0.1) is 6.54 Å². The molecular weight excluding hydrogens is 410 g/mol. The Balaban J connectivity index is 0.00000441. The number of nitrogens with zero attached hydrogens (tertiary/aromatic N) is 3. The third kappa shape index (κ3) is 6.84. The first-order valence-corrected chi connectivity index (χ1v) is 7.00. The number of unbranched alkanes of at least 4 members (excludes halogenated alkanes) is 1. The molecule has 1 aromatic heterocycles. The van der Waals surface area contributed by atoms with Crippen LogP contribution in [0.5, 0.6) is 0 Å². The quantitative estimate of drug-likeness (QED) is 0.314. The fourth-order valence-electron chi connectivity index (χ4n) is 1.78. The highest BCUT2D eigenvalue weighted by Crippen LogP contribution is 2.30. The second-order valence-corrected chi connectivity index (χ2v) is 4.65. The Morgan fingerprint density at radius 3 is 2.55 bits per heavy atom. The van der Waals surface area contributed by atoms with Gasteiger partial charge in [0.2, 0.25) is 0 Å². The number of hydrogen-bond donors (Lipinski definition) is 2. The molecule has 5 nitrogen and oxygen atoms in total. The Bertz CT molecular complexity index is 471. The average molecular weight is 433 g/mol. The van der Waals surface area contributed by atoms with Crippen LogP contribution < -0.4 is 10.6 Å². The van der Waals surface area contributed by atoms with E-state index in [9.17, 15) is 13.2 Å². The highest BCUT2D eigenvalue weighted by Gasteiger charge is 2.36. The molecule has 0 aromatic carbocycles. The number of hydrogen-bond acceptors (Lipinski definition) is 2. The predicted molar refractivity (Wildman–Crippen MR) is 91.4 cm³/mol. The lowest BCUT2D eigenvalue weighted by Crippen LogP contribution is -2.37. The molecular formula is C13H23F3IN5. The minimum absolute atomic E-state index is 0. The molecule has 0 fully saturated rings. The van der Waals surface area contributed by atoms with Crippen molar-refractivity contribution in [2.75, 3.05) is 13.1 Å². The summed E-state index contributed by atoms with van der Waals surface area (Å²) in [5, 5.41) is 9.56. The van der Waals surface area contributed by atoms with Gasteiger partial charge in [-0.05, 0) is 13.3 Å². The maximum absolute atomic E-state index is 12.8. The second-order valence-electron chi connectivity index (χ2n) is 4.65. The van der Waals surface area contributed by atoms with Crippen molar-refractivity contribution in [2.24, 2.45) is 12.0 Å². The molecule has 0 bridgehead atoms. The summed E-state index contributed by atoms with van der Waals surface area (Å²) in [5.41, 5.74) is -0.809. The van der Waals surface area contributed by atoms with Gasteiger partial charge in [-0.3, -0.25) is 4.68 Å². The lowest BCUT2D eigenvalue weighted by molar-refractivity contribution is -0.142. The first-order valence-electron chi connectivity index (χ1n) is 7.00. The molecule has 0 amide bonds. The normalized spacial score (nSPS) is 12.0. The van der Waals surface area contributed by atoms with Gasteiger partial charge in [0.25, 0.3) is 0 Å². The van der Waals surface area contributed by atoms with Crippen molar-refractivity contribution >= 4 is 29.9 Å². The Labute approximate surface area is 145 Å². The van der Waals surface area contributed by atoms with Gasteiger partial charge in [0.15, 0.2) is 11.7 Å². The van der Waals surface area contributed by atoms with E-state index in [0.29, 0.717) is 12.5 Å². The number of guanidine groups is 1. The first-order chi connectivity index (χ1) is 9.88. The molecule has 9 heteroatoms. The molecule has 0 radical (unpaired) electrons. The fourth-order valence-corrected chi connectivity index (χ4v) is 1.78. The van der Waals surface area contributed by atoms with E-state index in [1.54, 1.807) is 0 Å². The zero-order valence-corrected chi connectivity index (χ0v) is 15.3. The fraction of sp³-hybridized carbons (Fsp3) is 0.692. The Hall–Kier alpha value is -1.00. The van der Waals surface area contributed by atoms with Crippen molar-refractivity contribution in [1.29, 1.82) is 0 Å². The van der Waals surface area contributed by atoms with Crippen LogP contribution in [0.3, 0.4) is 0 Å². The van der Waals surface area contributed by atoms with Gasteiger partial charge in [0, 0.05) is 31.9 Å². The van der Waals surface area contributed by atoms with Crippen LogP contribution in [-0.4, -0.2) is 28.8 Å². The third-order valence-electron chi connectivity index (χ3n) is 2.75. The topological polar surface area (TPSA) is 54.2 Å². The molecule has 0 aliphatic heterocycles. The highest BCUT2D eigenvalue weighted by molar-refractivity contribution is 14.0. The van der Waals surface area contributed by atoms with Crippen LogP contribution in [0.15, 0.2) is 11.2 Å². The van der Waals surface area contributed by atoms with Crippen LogP contribution in [0.25, 0.3) is 0 Å². The van der Waals surface area contributed by atoms with Gasteiger partial charge in [-0.2, -0.15) is 18.3 Å². The van der Waals surface area contributed by atoms with E-state index in [4.69, 9.17) is 0 Å². The van der Waals surface area contributed by atoms with E-state index in [-0.39, 0.29) is 36.1 Å². The molecule has 22 heavy (non-hydrogen) atoms. The van der Waals surface area contributed by atoms with E-state index in [0.717, 1.165) is 24.1 Å². The van der Waals surface area contributed by atoms with Crippen molar-refractivity contribution < 1.29 is 13.2 Å².